The molecular formula is C20H19BrN2O3S2. The summed E-state index contributed by atoms with van der Waals surface area (Å²) in [5, 5.41) is 3.62. The maximum atomic E-state index is 12.7. The van der Waals surface area contributed by atoms with E-state index in [1.807, 2.05) is 23.6 Å². The molecule has 0 N–H and O–H groups in total. The van der Waals surface area contributed by atoms with Crippen LogP contribution in [0.25, 0.3) is 20.3 Å². The van der Waals surface area contributed by atoms with Crippen LogP contribution in [0.5, 0.6) is 5.75 Å². The fourth-order valence-electron chi connectivity index (χ4n) is 3.17. The van der Waals surface area contributed by atoms with E-state index in [0.29, 0.717) is 27.8 Å². The minimum absolute atomic E-state index is 0.281. The highest BCUT2D eigenvalue weighted by molar-refractivity contribution is 9.10. The van der Waals surface area contributed by atoms with Gasteiger partial charge in [0.25, 0.3) is 5.56 Å². The normalized spacial score (nSPS) is 11.8. The summed E-state index contributed by atoms with van der Waals surface area (Å²) >= 11 is 6.66. The number of nitrogens with zero attached hydrogens (tertiary/aromatic N) is 2. The van der Waals surface area contributed by atoms with Crippen molar-refractivity contribution in [3.05, 3.63) is 59.8 Å². The van der Waals surface area contributed by atoms with Crippen LogP contribution in [0.2, 0.25) is 0 Å². The van der Waals surface area contributed by atoms with Gasteiger partial charge in [0.15, 0.2) is 0 Å². The van der Waals surface area contributed by atoms with Gasteiger partial charge in [-0.05, 0) is 34.0 Å². The smallest absolute Gasteiger partial charge is 0.331 e. The van der Waals surface area contributed by atoms with Gasteiger partial charge in [0.2, 0.25) is 0 Å². The Balaban J connectivity index is 1.78. The molecule has 0 radical (unpaired) electrons. The molecule has 0 spiro atoms. The number of ether oxygens (including phenoxy) is 1. The Morgan fingerprint density at radius 3 is 2.71 bits per heavy atom. The Morgan fingerprint density at radius 2 is 1.96 bits per heavy atom. The largest absolute Gasteiger partial charge is 0.487 e. The summed E-state index contributed by atoms with van der Waals surface area (Å²) in [6, 6.07) is 8.11. The molecule has 0 aliphatic heterocycles. The van der Waals surface area contributed by atoms with Gasteiger partial charge < -0.3 is 4.74 Å². The first-order valence-electron chi connectivity index (χ1n) is 8.88. The van der Waals surface area contributed by atoms with E-state index >= 15 is 0 Å². The minimum atomic E-state index is -0.282. The Hall–Kier alpha value is -1.90. The van der Waals surface area contributed by atoms with Crippen LogP contribution < -0.4 is 16.0 Å². The standard InChI is InChI=1S/C20H19BrN2O3S2/c1-11(2)8-23-19-16(18(24)22(3)20(23)25)17(21)15(28-19)9-26-13-10-27-14-7-5-4-6-12(13)14/h4-7,10-11H,8-9H2,1-3H3. The molecule has 0 amide bonds. The van der Waals surface area contributed by atoms with Gasteiger partial charge in [-0.25, -0.2) is 4.79 Å². The Morgan fingerprint density at radius 1 is 1.21 bits per heavy atom. The minimum Gasteiger partial charge on any atom is -0.487 e. The second-order valence-electron chi connectivity index (χ2n) is 7.06. The first-order valence-corrected chi connectivity index (χ1v) is 11.4. The van der Waals surface area contributed by atoms with E-state index in [9.17, 15) is 9.59 Å². The molecule has 0 aliphatic rings. The number of hydrogen-bond acceptors (Lipinski definition) is 5. The lowest BCUT2D eigenvalue weighted by Gasteiger charge is -2.11. The average molecular weight is 479 g/mol. The second-order valence-corrected chi connectivity index (χ2v) is 9.84. The highest BCUT2D eigenvalue weighted by Gasteiger charge is 2.20. The maximum absolute atomic E-state index is 12.7. The number of benzene rings is 1. The number of hydrogen-bond donors (Lipinski definition) is 0. The van der Waals surface area contributed by atoms with Gasteiger partial charge in [0.05, 0.1) is 10.3 Å². The number of aromatic nitrogens is 2. The molecule has 0 fully saturated rings. The molecule has 0 saturated heterocycles. The van der Waals surface area contributed by atoms with Crippen LogP contribution in [0.4, 0.5) is 0 Å². The summed E-state index contributed by atoms with van der Waals surface area (Å²) < 4.78 is 10.8. The van der Waals surface area contributed by atoms with Crippen molar-refractivity contribution >= 4 is 58.9 Å². The second kappa shape index (κ2) is 7.50. The summed E-state index contributed by atoms with van der Waals surface area (Å²) in [6.45, 7) is 5.00. The van der Waals surface area contributed by atoms with Crippen molar-refractivity contribution in [2.75, 3.05) is 0 Å². The third-order valence-electron chi connectivity index (χ3n) is 4.53. The van der Waals surface area contributed by atoms with Gasteiger partial charge in [0, 0.05) is 33.5 Å². The van der Waals surface area contributed by atoms with Gasteiger partial charge >= 0.3 is 5.69 Å². The van der Waals surface area contributed by atoms with Crippen molar-refractivity contribution < 1.29 is 4.74 Å². The van der Waals surface area contributed by atoms with Crippen LogP contribution in [0.15, 0.2) is 43.7 Å². The van der Waals surface area contributed by atoms with Crippen molar-refractivity contribution in [2.24, 2.45) is 13.0 Å². The van der Waals surface area contributed by atoms with Gasteiger partial charge in [-0.2, -0.15) is 0 Å². The summed E-state index contributed by atoms with van der Waals surface area (Å²) in [6.07, 6.45) is 0. The molecule has 5 nitrogen and oxygen atoms in total. The number of fused-ring (bicyclic) bond motifs is 2. The van der Waals surface area contributed by atoms with Crippen molar-refractivity contribution in [2.45, 2.75) is 27.0 Å². The van der Waals surface area contributed by atoms with Gasteiger partial charge in [-0.15, -0.1) is 22.7 Å². The molecule has 0 atom stereocenters. The number of rotatable bonds is 5. The van der Waals surface area contributed by atoms with E-state index < -0.39 is 0 Å². The molecule has 3 heterocycles. The van der Waals surface area contributed by atoms with Crippen molar-refractivity contribution in [1.82, 2.24) is 9.13 Å². The Bertz CT molecular complexity index is 1300. The summed E-state index contributed by atoms with van der Waals surface area (Å²) in [7, 11) is 1.53. The molecule has 0 saturated carbocycles. The van der Waals surface area contributed by atoms with Gasteiger partial charge in [-0.1, -0.05) is 26.0 Å². The zero-order chi connectivity index (χ0) is 20.0. The fraction of sp³-hybridized carbons (Fsp3) is 0.300. The van der Waals surface area contributed by atoms with E-state index in [2.05, 4.69) is 35.8 Å². The van der Waals surface area contributed by atoms with E-state index in [0.717, 1.165) is 16.0 Å². The SMILES string of the molecule is CC(C)Cn1c(=O)n(C)c(=O)c2c(Br)c(COc3csc4ccccc34)sc21. The zero-order valence-corrected chi connectivity index (χ0v) is 18.9. The third-order valence-corrected chi connectivity index (χ3v) is 7.80. The van der Waals surface area contributed by atoms with Crippen molar-refractivity contribution in [3.8, 4) is 5.75 Å². The molecule has 0 bridgehead atoms. The van der Waals surface area contributed by atoms with Crippen LogP contribution >= 0.6 is 38.6 Å². The van der Waals surface area contributed by atoms with Gasteiger partial charge in [-0.3, -0.25) is 13.9 Å². The molecule has 4 rings (SSSR count). The van der Waals surface area contributed by atoms with Crippen LogP contribution in [0, 0.1) is 5.92 Å². The lowest BCUT2D eigenvalue weighted by molar-refractivity contribution is 0.314. The highest BCUT2D eigenvalue weighted by atomic mass is 79.9. The number of thiophene rings is 2. The predicted octanol–water partition coefficient (Wildman–Crippen LogP) is 4.97. The molecule has 1 aromatic carbocycles. The summed E-state index contributed by atoms with van der Waals surface area (Å²) in [5.41, 5.74) is -0.563. The summed E-state index contributed by atoms with van der Waals surface area (Å²) in [4.78, 5) is 26.9. The lowest BCUT2D eigenvalue weighted by atomic mass is 10.2. The van der Waals surface area contributed by atoms with Crippen molar-refractivity contribution in [1.29, 1.82) is 0 Å². The maximum Gasteiger partial charge on any atom is 0.331 e. The average Bonchev–Trinajstić information content (AvgIpc) is 3.23. The van der Waals surface area contributed by atoms with E-state index in [1.165, 1.54) is 27.7 Å². The molecule has 3 aromatic heterocycles. The quantitative estimate of drug-likeness (QED) is 0.406. The molecular weight excluding hydrogens is 460 g/mol. The lowest BCUT2D eigenvalue weighted by Crippen LogP contribution is -2.38. The van der Waals surface area contributed by atoms with E-state index in [1.54, 1.807) is 15.9 Å². The molecule has 146 valence electrons. The first-order chi connectivity index (χ1) is 13.4. The van der Waals surface area contributed by atoms with E-state index in [-0.39, 0.29) is 17.2 Å². The number of halogens is 1. The zero-order valence-electron chi connectivity index (χ0n) is 15.7. The highest BCUT2D eigenvalue weighted by Crippen LogP contribution is 2.36. The Labute approximate surface area is 177 Å². The summed E-state index contributed by atoms with van der Waals surface area (Å²) in [5.74, 6) is 1.12. The molecule has 8 heteroatoms. The first kappa shape index (κ1) is 19.4. The van der Waals surface area contributed by atoms with Crippen molar-refractivity contribution in [3.63, 3.8) is 0 Å². The van der Waals surface area contributed by atoms with Crippen LogP contribution in [0.3, 0.4) is 0 Å². The predicted molar refractivity (Wildman–Crippen MR) is 120 cm³/mol. The van der Waals surface area contributed by atoms with Crippen LogP contribution in [0.1, 0.15) is 18.7 Å². The topological polar surface area (TPSA) is 53.2 Å². The Kier molecular flexibility index (Phi) is 5.20. The molecule has 4 aromatic rings. The van der Waals surface area contributed by atoms with Crippen LogP contribution in [-0.2, 0) is 20.2 Å². The monoisotopic (exact) mass is 478 g/mol. The third kappa shape index (κ3) is 3.23. The van der Waals surface area contributed by atoms with E-state index in [4.69, 9.17) is 4.74 Å². The molecule has 28 heavy (non-hydrogen) atoms. The molecule has 0 aliphatic carbocycles. The molecule has 0 unspecified atom stereocenters. The van der Waals surface area contributed by atoms with Gasteiger partial charge in [0.1, 0.15) is 17.2 Å². The van der Waals surface area contributed by atoms with Crippen LogP contribution in [-0.4, -0.2) is 9.13 Å². The fourth-order valence-corrected chi connectivity index (χ4v) is 6.00.